The number of nitrogens with one attached hydrogen (secondary N) is 1. The zero-order chi connectivity index (χ0) is 16.2. The summed E-state index contributed by atoms with van der Waals surface area (Å²) in [5.41, 5.74) is 3.52. The molecule has 0 fully saturated rings. The average molecular weight is 333 g/mol. The Bertz CT molecular complexity index is 671. The summed E-state index contributed by atoms with van der Waals surface area (Å²) in [7, 11) is 2.01. The molecule has 7 heteroatoms. The fourth-order valence-electron chi connectivity index (χ4n) is 3.02. The van der Waals surface area contributed by atoms with E-state index in [1.54, 1.807) is 0 Å². The van der Waals surface area contributed by atoms with Gasteiger partial charge in [-0.3, -0.25) is 0 Å². The third-order valence-electron chi connectivity index (χ3n) is 4.39. The second-order valence-electron chi connectivity index (χ2n) is 6.00. The van der Waals surface area contributed by atoms with Crippen molar-refractivity contribution in [1.29, 1.82) is 0 Å². The van der Waals surface area contributed by atoms with Gasteiger partial charge in [0.15, 0.2) is 5.82 Å². The lowest BCUT2D eigenvalue weighted by Crippen LogP contribution is -2.32. The largest absolute Gasteiger partial charge is 0.352 e. The quantitative estimate of drug-likeness (QED) is 0.864. The van der Waals surface area contributed by atoms with E-state index in [1.807, 2.05) is 7.05 Å². The van der Waals surface area contributed by atoms with Gasteiger partial charge < -0.3 is 4.90 Å². The van der Waals surface area contributed by atoms with E-state index in [1.165, 1.54) is 11.1 Å². The molecular formula is C16H21ClN6. The van der Waals surface area contributed by atoms with Gasteiger partial charge >= 0.3 is 0 Å². The summed E-state index contributed by atoms with van der Waals surface area (Å²) in [6.45, 7) is 2.68. The van der Waals surface area contributed by atoms with Gasteiger partial charge in [-0.05, 0) is 37.7 Å². The number of fused-ring (bicyclic) bond motifs is 1. The Hall–Kier alpha value is -1.95. The summed E-state index contributed by atoms with van der Waals surface area (Å²) in [5.74, 6) is 2.53. The van der Waals surface area contributed by atoms with Crippen molar-refractivity contribution in [3.8, 4) is 0 Å². The Kier molecular flexibility index (Phi) is 4.91. The van der Waals surface area contributed by atoms with E-state index in [-0.39, 0.29) is 0 Å². The molecule has 6 nitrogen and oxygen atoms in total. The fraction of sp³-hybridized carbons (Fsp3) is 0.500. The minimum Gasteiger partial charge on any atom is -0.352 e. The summed E-state index contributed by atoms with van der Waals surface area (Å²) in [6, 6.07) is 0. The molecule has 0 bridgehead atoms. The minimum atomic E-state index is 0.430. The van der Waals surface area contributed by atoms with E-state index in [9.17, 15) is 0 Å². The smallest absolute Gasteiger partial charge is 0.193 e. The summed E-state index contributed by atoms with van der Waals surface area (Å²) < 4.78 is 0. The van der Waals surface area contributed by atoms with Crippen LogP contribution < -0.4 is 0 Å². The first kappa shape index (κ1) is 15.9. The highest BCUT2D eigenvalue weighted by molar-refractivity contribution is 6.19. The topological polar surface area (TPSA) is 70.1 Å². The number of aliphatic imine (C=N–C) groups is 1. The molecule has 1 aromatic heterocycles. The molecule has 1 aliphatic heterocycles. The van der Waals surface area contributed by atoms with Crippen molar-refractivity contribution in [3.05, 3.63) is 40.9 Å². The molecule has 0 aromatic carbocycles. The normalized spacial score (nSPS) is 21.3. The van der Waals surface area contributed by atoms with Gasteiger partial charge in [-0.2, -0.15) is 5.21 Å². The number of hydrogen-bond acceptors (Lipinski definition) is 5. The van der Waals surface area contributed by atoms with Crippen molar-refractivity contribution in [1.82, 2.24) is 25.5 Å². The highest BCUT2D eigenvalue weighted by Gasteiger charge is 2.25. The van der Waals surface area contributed by atoms with Gasteiger partial charge in [-0.1, -0.05) is 29.0 Å². The molecule has 122 valence electrons. The maximum atomic E-state index is 6.13. The Morgan fingerprint density at radius 2 is 2.30 bits per heavy atom. The lowest BCUT2D eigenvalue weighted by molar-refractivity contribution is 0.466. The predicted molar refractivity (Wildman–Crippen MR) is 91.1 cm³/mol. The number of likely N-dealkylation sites (N-methyl/N-ethyl adjacent to an activating group) is 1. The maximum absolute atomic E-state index is 6.13. The second-order valence-corrected chi connectivity index (χ2v) is 6.27. The number of aromatic nitrogens is 4. The number of alkyl halides is 1. The van der Waals surface area contributed by atoms with E-state index in [2.05, 4.69) is 50.7 Å². The van der Waals surface area contributed by atoms with Crippen LogP contribution in [-0.4, -0.2) is 44.3 Å². The molecule has 23 heavy (non-hydrogen) atoms. The van der Waals surface area contributed by atoms with Gasteiger partial charge in [0.2, 0.25) is 0 Å². The number of allylic oxidation sites excluding steroid dienone is 5. The third kappa shape index (κ3) is 3.52. The Morgan fingerprint density at radius 3 is 3.04 bits per heavy atom. The molecule has 1 aromatic rings. The van der Waals surface area contributed by atoms with Crippen LogP contribution in [0.3, 0.4) is 0 Å². The second kappa shape index (κ2) is 7.08. The number of halogens is 1. The Labute approximate surface area is 141 Å². The lowest BCUT2D eigenvalue weighted by Gasteiger charge is -2.30. The lowest BCUT2D eigenvalue weighted by atomic mass is 9.84. The van der Waals surface area contributed by atoms with Crippen molar-refractivity contribution < 1.29 is 0 Å². The van der Waals surface area contributed by atoms with Crippen molar-refractivity contribution in [2.24, 2.45) is 10.9 Å². The van der Waals surface area contributed by atoms with Crippen molar-refractivity contribution in [2.75, 3.05) is 12.9 Å². The van der Waals surface area contributed by atoms with E-state index in [0.29, 0.717) is 24.2 Å². The zero-order valence-corrected chi connectivity index (χ0v) is 14.2. The fourth-order valence-corrected chi connectivity index (χ4v) is 3.30. The highest BCUT2D eigenvalue weighted by atomic mass is 35.5. The highest BCUT2D eigenvalue weighted by Crippen LogP contribution is 2.32. The van der Waals surface area contributed by atoms with Crippen LogP contribution in [0.4, 0.5) is 0 Å². The summed E-state index contributed by atoms with van der Waals surface area (Å²) >= 11 is 6.13. The van der Waals surface area contributed by atoms with Gasteiger partial charge in [-0.25, -0.2) is 4.99 Å². The van der Waals surface area contributed by atoms with Crippen LogP contribution in [0.2, 0.25) is 0 Å². The molecule has 1 atom stereocenters. The van der Waals surface area contributed by atoms with Gasteiger partial charge in [0, 0.05) is 7.05 Å². The van der Waals surface area contributed by atoms with Gasteiger partial charge in [0.05, 0.1) is 18.1 Å². The third-order valence-corrected chi connectivity index (χ3v) is 4.64. The van der Waals surface area contributed by atoms with Crippen LogP contribution in [0.25, 0.3) is 0 Å². The van der Waals surface area contributed by atoms with Crippen LogP contribution >= 0.6 is 11.6 Å². The molecule has 1 N–H and O–H groups in total. The van der Waals surface area contributed by atoms with Crippen LogP contribution in [0.15, 0.2) is 40.1 Å². The van der Waals surface area contributed by atoms with Crippen molar-refractivity contribution >= 4 is 17.4 Å². The molecule has 1 unspecified atom stereocenters. The van der Waals surface area contributed by atoms with Gasteiger partial charge in [-0.15, -0.1) is 21.8 Å². The van der Waals surface area contributed by atoms with Gasteiger partial charge in [0.25, 0.3) is 0 Å². The molecule has 1 aliphatic carbocycles. The van der Waals surface area contributed by atoms with Crippen molar-refractivity contribution in [3.63, 3.8) is 0 Å². The van der Waals surface area contributed by atoms with Crippen LogP contribution in [0, 0.1) is 5.92 Å². The average Bonchev–Trinajstić information content (AvgIpc) is 3.05. The Morgan fingerprint density at radius 1 is 1.43 bits per heavy atom. The molecule has 2 aliphatic rings. The summed E-state index contributed by atoms with van der Waals surface area (Å²) in [6.07, 6.45) is 9.74. The van der Waals surface area contributed by atoms with E-state index in [0.717, 1.165) is 30.8 Å². The summed E-state index contributed by atoms with van der Waals surface area (Å²) in [5, 5.41) is 14.2. The SMILES string of the molecule is CC1=C(CCl)N=C(N(C)Cc2nn[nH]n2)C2=CC=CCC2CC1. The number of nitrogens with zero attached hydrogens (tertiary/aromatic N) is 5. The van der Waals surface area contributed by atoms with E-state index < -0.39 is 0 Å². The number of aromatic amines is 1. The first-order valence-corrected chi connectivity index (χ1v) is 8.36. The molecule has 2 heterocycles. The molecule has 0 saturated carbocycles. The number of hydrogen-bond donors (Lipinski definition) is 1. The van der Waals surface area contributed by atoms with Crippen LogP contribution in [-0.2, 0) is 6.54 Å². The number of amidine groups is 1. The molecule has 3 rings (SSSR count). The van der Waals surface area contributed by atoms with E-state index >= 15 is 0 Å². The molecule has 0 amide bonds. The van der Waals surface area contributed by atoms with Crippen LogP contribution in [0.1, 0.15) is 32.0 Å². The predicted octanol–water partition coefficient (Wildman–Crippen LogP) is 2.84. The minimum absolute atomic E-state index is 0.430. The monoisotopic (exact) mass is 332 g/mol. The first-order chi connectivity index (χ1) is 11.2. The van der Waals surface area contributed by atoms with E-state index in [4.69, 9.17) is 16.6 Å². The molecular weight excluding hydrogens is 312 g/mol. The number of rotatable bonds is 3. The van der Waals surface area contributed by atoms with Crippen LogP contribution in [0.5, 0.6) is 0 Å². The summed E-state index contributed by atoms with van der Waals surface area (Å²) in [4.78, 5) is 6.98. The van der Waals surface area contributed by atoms with Crippen molar-refractivity contribution in [2.45, 2.75) is 32.7 Å². The number of tetrazole rings is 1. The molecule has 0 saturated heterocycles. The molecule has 0 radical (unpaired) electrons. The molecule has 0 spiro atoms. The maximum Gasteiger partial charge on any atom is 0.193 e. The van der Waals surface area contributed by atoms with Gasteiger partial charge in [0.1, 0.15) is 5.84 Å². The number of H-pyrrole nitrogens is 1. The Balaban J connectivity index is 1.98. The standard InChI is InChI=1S/C16H21ClN6/c1-11-7-8-12-5-3-4-6-13(12)16(18-14(11)9-17)23(2)10-15-19-21-22-20-15/h3-4,6,12H,5,7-10H2,1-2H3,(H,19,20,21,22). The first-order valence-electron chi connectivity index (χ1n) is 7.83. The zero-order valence-electron chi connectivity index (χ0n) is 13.5.